The zero-order valence-corrected chi connectivity index (χ0v) is 29.6. The zero-order chi connectivity index (χ0) is 35.1. The molecule has 0 saturated heterocycles. The van der Waals surface area contributed by atoms with Crippen LogP contribution in [0.2, 0.25) is 0 Å². The first-order valence-electron chi connectivity index (χ1n) is 17.9. The lowest BCUT2D eigenvalue weighted by Gasteiger charge is -2.19. The summed E-state index contributed by atoms with van der Waals surface area (Å²) in [7, 11) is 4.19. The minimum Gasteiger partial charge on any atom is -0.331 e. The first-order chi connectivity index (χ1) is 25.4. The Balaban J connectivity index is 1.33. The van der Waals surface area contributed by atoms with Gasteiger partial charge in [0.05, 0.1) is 22.1 Å². The molecular weight excluding hydrogens is 633 g/mol. The van der Waals surface area contributed by atoms with Crippen LogP contribution in [0.5, 0.6) is 0 Å². The van der Waals surface area contributed by atoms with E-state index in [1.807, 2.05) is 0 Å². The second-order valence-corrected chi connectivity index (χ2v) is 14.0. The number of rotatable bonds is 4. The fourth-order valence-electron chi connectivity index (χ4n) is 8.25. The third kappa shape index (κ3) is 4.61. The van der Waals surface area contributed by atoms with Crippen molar-refractivity contribution in [1.82, 2.24) is 19.1 Å². The van der Waals surface area contributed by atoms with Crippen LogP contribution >= 0.6 is 0 Å². The van der Waals surface area contributed by atoms with Gasteiger partial charge in [0.1, 0.15) is 11.6 Å². The predicted molar refractivity (Wildman–Crippen MR) is 219 cm³/mol. The van der Waals surface area contributed by atoms with Crippen LogP contribution in [0.25, 0.3) is 98.9 Å². The van der Waals surface area contributed by atoms with Gasteiger partial charge in [0.2, 0.25) is 0 Å². The maximum absolute atomic E-state index is 4.79. The Morgan fingerprint density at radius 2 is 0.923 bits per heavy atom. The molecule has 0 atom stereocenters. The molecule has 52 heavy (non-hydrogen) atoms. The summed E-state index contributed by atoms with van der Waals surface area (Å²) in [4.78, 5) is 9.59. The minimum absolute atomic E-state index is 1.01. The summed E-state index contributed by atoms with van der Waals surface area (Å²) in [6, 6.07) is 53.7. The third-order valence-electron chi connectivity index (χ3n) is 11.1. The highest BCUT2D eigenvalue weighted by molar-refractivity contribution is 6.20. The van der Waals surface area contributed by atoms with Crippen molar-refractivity contribution >= 4 is 54.4 Å². The molecule has 10 aromatic rings. The predicted octanol–water partition coefficient (Wildman–Crippen LogP) is 12.2. The van der Waals surface area contributed by atoms with Gasteiger partial charge in [-0.15, -0.1) is 0 Å². The fraction of sp³-hybridized carbons (Fsp3) is 0.0833. The van der Waals surface area contributed by atoms with Crippen molar-refractivity contribution in [2.45, 2.75) is 13.8 Å². The molecule has 0 aliphatic carbocycles. The van der Waals surface area contributed by atoms with E-state index in [0.717, 1.165) is 33.7 Å². The monoisotopic (exact) mass is 668 g/mol. The number of nitrogens with zero attached hydrogens (tertiary/aromatic N) is 4. The van der Waals surface area contributed by atoms with E-state index in [4.69, 9.17) is 9.97 Å². The van der Waals surface area contributed by atoms with E-state index >= 15 is 0 Å². The maximum atomic E-state index is 4.79. The largest absolute Gasteiger partial charge is 0.331 e. The summed E-state index contributed by atoms with van der Waals surface area (Å²) in [6.07, 6.45) is 0. The third-order valence-corrected chi connectivity index (χ3v) is 11.1. The van der Waals surface area contributed by atoms with Gasteiger partial charge in [0, 0.05) is 14.1 Å². The van der Waals surface area contributed by atoms with Crippen LogP contribution in [0.4, 0.5) is 0 Å². The highest BCUT2D eigenvalue weighted by Gasteiger charge is 2.19. The Morgan fingerprint density at radius 1 is 0.385 bits per heavy atom. The Hall–Kier alpha value is -6.52. The Morgan fingerprint density at radius 3 is 1.52 bits per heavy atom. The fourth-order valence-corrected chi connectivity index (χ4v) is 8.25. The van der Waals surface area contributed by atoms with Crippen molar-refractivity contribution in [2.75, 3.05) is 0 Å². The van der Waals surface area contributed by atoms with E-state index in [1.54, 1.807) is 0 Å². The number of hydrogen-bond acceptors (Lipinski definition) is 2. The SMILES string of the molecule is Cc1nc2ccc(-c3cccc4c(-c5cc(-c6ccccc6)c6ccccc6c5)c5cccc(-c6ccc7nc(C)n(C)c7c6)c5cc34)cc2n1C. The standard InChI is InChI=1S/C48H36N4/c1-29-49-44-22-20-33(26-46(44)51(29)3)37-16-10-18-39-42(37)28-43-38(34-21-23-45-47(27-34)52(4)30(2)50-45)17-11-19-40(43)48(39)35-24-32-14-8-9-15-36(32)41(25-35)31-12-6-5-7-13-31/h5-28H,1-4H3. The van der Waals surface area contributed by atoms with E-state index in [1.165, 1.54) is 76.8 Å². The van der Waals surface area contributed by atoms with Gasteiger partial charge in [-0.2, -0.15) is 0 Å². The van der Waals surface area contributed by atoms with Gasteiger partial charge in [-0.25, -0.2) is 9.97 Å². The molecule has 4 heteroatoms. The molecule has 0 saturated carbocycles. The van der Waals surface area contributed by atoms with Gasteiger partial charge in [0.15, 0.2) is 0 Å². The Kier molecular flexibility index (Phi) is 6.71. The van der Waals surface area contributed by atoms with Crippen molar-refractivity contribution in [1.29, 1.82) is 0 Å². The van der Waals surface area contributed by atoms with Crippen LogP contribution < -0.4 is 0 Å². The van der Waals surface area contributed by atoms with Crippen molar-refractivity contribution in [2.24, 2.45) is 14.1 Å². The molecule has 0 spiro atoms. The molecule has 0 N–H and O–H groups in total. The summed E-state index contributed by atoms with van der Waals surface area (Å²) in [5.74, 6) is 2.02. The maximum Gasteiger partial charge on any atom is 0.106 e. The summed E-state index contributed by atoms with van der Waals surface area (Å²) < 4.78 is 4.36. The van der Waals surface area contributed by atoms with Crippen molar-refractivity contribution < 1.29 is 0 Å². The van der Waals surface area contributed by atoms with Gasteiger partial charge in [-0.3, -0.25) is 0 Å². The van der Waals surface area contributed by atoms with E-state index in [-0.39, 0.29) is 0 Å². The number of benzene rings is 8. The quantitative estimate of drug-likeness (QED) is 0.175. The lowest BCUT2D eigenvalue weighted by Crippen LogP contribution is -1.93. The summed E-state index contributed by atoms with van der Waals surface area (Å²) in [5, 5.41) is 7.39. The van der Waals surface area contributed by atoms with Gasteiger partial charge >= 0.3 is 0 Å². The number of aryl methyl sites for hydroxylation is 4. The van der Waals surface area contributed by atoms with E-state index in [9.17, 15) is 0 Å². The smallest absolute Gasteiger partial charge is 0.106 e. The zero-order valence-electron chi connectivity index (χ0n) is 29.6. The Bertz CT molecular complexity index is 2910. The van der Waals surface area contributed by atoms with Crippen LogP contribution in [-0.4, -0.2) is 19.1 Å². The molecule has 2 heterocycles. The van der Waals surface area contributed by atoms with E-state index in [0.29, 0.717) is 0 Å². The lowest BCUT2D eigenvalue weighted by molar-refractivity contribution is 0.886. The molecule has 0 aliphatic heterocycles. The topological polar surface area (TPSA) is 35.6 Å². The molecule has 0 radical (unpaired) electrons. The van der Waals surface area contributed by atoms with Crippen LogP contribution in [0.1, 0.15) is 11.6 Å². The average molecular weight is 669 g/mol. The summed E-state index contributed by atoms with van der Waals surface area (Å²) in [5.41, 5.74) is 14.0. The highest BCUT2D eigenvalue weighted by Crippen LogP contribution is 2.45. The number of aromatic nitrogens is 4. The van der Waals surface area contributed by atoms with E-state index < -0.39 is 0 Å². The molecule has 8 aromatic carbocycles. The Labute approximate surface area is 302 Å². The second kappa shape index (κ2) is 11.5. The lowest BCUT2D eigenvalue weighted by atomic mass is 9.84. The summed E-state index contributed by atoms with van der Waals surface area (Å²) in [6.45, 7) is 4.13. The first-order valence-corrected chi connectivity index (χ1v) is 17.9. The molecule has 0 unspecified atom stereocenters. The molecule has 0 bridgehead atoms. The van der Waals surface area contributed by atoms with Gasteiger partial charge in [-0.05, 0) is 133 Å². The van der Waals surface area contributed by atoms with Gasteiger partial charge < -0.3 is 9.13 Å². The molecule has 0 aliphatic rings. The average Bonchev–Trinajstić information content (AvgIpc) is 3.64. The molecular formula is C48H36N4. The molecule has 2 aromatic heterocycles. The minimum atomic E-state index is 1.01. The van der Waals surface area contributed by atoms with Gasteiger partial charge in [-0.1, -0.05) is 103 Å². The number of fused-ring (bicyclic) bond motifs is 5. The van der Waals surface area contributed by atoms with Crippen LogP contribution in [-0.2, 0) is 14.1 Å². The molecule has 4 nitrogen and oxygen atoms in total. The molecule has 248 valence electrons. The van der Waals surface area contributed by atoms with Crippen molar-refractivity contribution in [3.63, 3.8) is 0 Å². The molecule has 0 amide bonds. The van der Waals surface area contributed by atoms with Crippen LogP contribution in [0.15, 0.2) is 146 Å². The van der Waals surface area contributed by atoms with Crippen LogP contribution in [0.3, 0.4) is 0 Å². The number of imidazole rings is 2. The normalized spacial score (nSPS) is 11.8. The van der Waals surface area contributed by atoms with E-state index in [2.05, 4.69) is 183 Å². The summed E-state index contributed by atoms with van der Waals surface area (Å²) >= 11 is 0. The van der Waals surface area contributed by atoms with Crippen LogP contribution in [0, 0.1) is 13.8 Å². The number of hydrogen-bond donors (Lipinski definition) is 0. The molecule has 0 fully saturated rings. The van der Waals surface area contributed by atoms with Crippen molar-refractivity contribution in [3.8, 4) is 44.5 Å². The highest BCUT2D eigenvalue weighted by atomic mass is 15.1. The molecule has 10 rings (SSSR count). The van der Waals surface area contributed by atoms with Gasteiger partial charge in [0.25, 0.3) is 0 Å². The first kappa shape index (κ1) is 30.3. The van der Waals surface area contributed by atoms with Crippen molar-refractivity contribution in [3.05, 3.63) is 157 Å². The second-order valence-electron chi connectivity index (χ2n) is 14.0.